The van der Waals surface area contributed by atoms with Gasteiger partial charge in [-0.15, -0.1) is 11.3 Å². The number of hydrogen-bond donors (Lipinski definition) is 1. The van der Waals surface area contributed by atoms with Crippen LogP contribution in [0.15, 0.2) is 28.9 Å². The first-order valence-electron chi connectivity index (χ1n) is 8.96. The van der Waals surface area contributed by atoms with Gasteiger partial charge in [-0.25, -0.2) is 9.97 Å². The lowest BCUT2D eigenvalue weighted by molar-refractivity contribution is -0.114. The average molecular weight is 386 g/mol. The first-order valence-corrected chi connectivity index (χ1v) is 9.77. The van der Waals surface area contributed by atoms with Crippen LogP contribution in [-0.2, 0) is 11.3 Å². The van der Waals surface area contributed by atoms with Gasteiger partial charge in [0.25, 0.3) is 0 Å². The van der Waals surface area contributed by atoms with Crippen molar-refractivity contribution >= 4 is 33.3 Å². The zero-order valence-corrected chi connectivity index (χ0v) is 16.4. The lowest BCUT2D eigenvalue weighted by Crippen LogP contribution is -2.27. The second kappa shape index (κ2) is 7.28. The van der Waals surface area contributed by atoms with Gasteiger partial charge >= 0.3 is 0 Å². The van der Waals surface area contributed by atoms with E-state index in [-0.39, 0.29) is 12.0 Å². The minimum Gasteiger partial charge on any atom is -0.472 e. The minimum absolute atomic E-state index is 0.0797. The molecule has 7 nitrogen and oxygen atoms in total. The SMILES string of the molecule is CC(=O)Nc1ncc(CN2CC(Oc3nccc4oc(C)cc34)CC2C)s1. The van der Waals surface area contributed by atoms with Crippen LogP contribution in [0, 0.1) is 6.92 Å². The summed E-state index contributed by atoms with van der Waals surface area (Å²) >= 11 is 1.51. The molecule has 2 unspecified atom stereocenters. The number of likely N-dealkylation sites (tertiary alicyclic amines) is 1. The number of carbonyl (C=O) groups is 1. The standard InChI is InChI=1S/C19H22N4O3S/c1-11-6-14(26-18-16-7-12(2)25-17(16)4-5-20-18)9-23(11)10-15-8-21-19(27-15)22-13(3)24/h4-5,7-8,11,14H,6,9-10H2,1-3H3,(H,21,22,24). The smallest absolute Gasteiger partial charge is 0.224 e. The second-order valence-electron chi connectivity index (χ2n) is 6.95. The van der Waals surface area contributed by atoms with Crippen LogP contribution in [-0.4, -0.2) is 39.5 Å². The van der Waals surface area contributed by atoms with Crippen LogP contribution in [0.1, 0.15) is 30.9 Å². The quantitative estimate of drug-likeness (QED) is 0.722. The molecular weight excluding hydrogens is 364 g/mol. The summed E-state index contributed by atoms with van der Waals surface area (Å²) < 4.78 is 11.9. The van der Waals surface area contributed by atoms with Gasteiger partial charge in [0, 0.05) is 55.8 Å². The summed E-state index contributed by atoms with van der Waals surface area (Å²) in [6.45, 7) is 7.23. The van der Waals surface area contributed by atoms with E-state index in [9.17, 15) is 4.79 Å². The van der Waals surface area contributed by atoms with E-state index in [0.29, 0.717) is 17.1 Å². The van der Waals surface area contributed by atoms with Gasteiger partial charge in [0.05, 0.1) is 5.39 Å². The van der Waals surface area contributed by atoms with Gasteiger partial charge < -0.3 is 14.5 Å². The fraction of sp³-hybridized carbons (Fsp3) is 0.421. The van der Waals surface area contributed by atoms with E-state index in [4.69, 9.17) is 9.15 Å². The van der Waals surface area contributed by atoms with E-state index in [1.807, 2.05) is 25.3 Å². The van der Waals surface area contributed by atoms with Gasteiger partial charge in [0.2, 0.25) is 11.8 Å². The maximum absolute atomic E-state index is 11.1. The number of pyridine rings is 1. The molecule has 142 valence electrons. The highest BCUT2D eigenvalue weighted by Crippen LogP contribution is 2.30. The van der Waals surface area contributed by atoms with Crippen molar-refractivity contribution in [2.75, 3.05) is 11.9 Å². The molecule has 3 aromatic rings. The molecule has 27 heavy (non-hydrogen) atoms. The number of fused-ring (bicyclic) bond motifs is 1. The predicted molar refractivity (Wildman–Crippen MR) is 104 cm³/mol. The molecule has 0 bridgehead atoms. The number of amides is 1. The Hall–Kier alpha value is -2.45. The maximum atomic E-state index is 11.1. The monoisotopic (exact) mass is 386 g/mol. The minimum atomic E-state index is -0.102. The Morgan fingerprint density at radius 3 is 3.15 bits per heavy atom. The molecule has 1 aliphatic heterocycles. The van der Waals surface area contributed by atoms with Crippen LogP contribution < -0.4 is 10.1 Å². The molecular formula is C19H22N4O3S. The van der Waals surface area contributed by atoms with E-state index in [2.05, 4.69) is 27.1 Å². The molecule has 4 rings (SSSR count). The highest BCUT2D eigenvalue weighted by Gasteiger charge is 2.31. The van der Waals surface area contributed by atoms with Crippen molar-refractivity contribution < 1.29 is 13.9 Å². The molecule has 2 atom stereocenters. The van der Waals surface area contributed by atoms with Crippen molar-refractivity contribution in [3.63, 3.8) is 0 Å². The van der Waals surface area contributed by atoms with Crippen LogP contribution in [0.2, 0.25) is 0 Å². The molecule has 0 aromatic carbocycles. The highest BCUT2D eigenvalue weighted by atomic mass is 32.1. The van der Waals surface area contributed by atoms with E-state index in [1.165, 1.54) is 18.3 Å². The number of aromatic nitrogens is 2. The first kappa shape index (κ1) is 17.9. The van der Waals surface area contributed by atoms with Crippen molar-refractivity contribution in [1.29, 1.82) is 0 Å². The lowest BCUT2D eigenvalue weighted by Gasteiger charge is -2.19. The number of ether oxygens (including phenoxy) is 1. The molecule has 0 saturated carbocycles. The number of rotatable bonds is 5. The Morgan fingerprint density at radius 2 is 2.33 bits per heavy atom. The number of nitrogens with one attached hydrogen (secondary N) is 1. The van der Waals surface area contributed by atoms with Crippen molar-refractivity contribution in [2.24, 2.45) is 0 Å². The first-order chi connectivity index (χ1) is 13.0. The molecule has 4 heterocycles. The van der Waals surface area contributed by atoms with Gasteiger partial charge in [-0.3, -0.25) is 9.69 Å². The third kappa shape index (κ3) is 3.96. The van der Waals surface area contributed by atoms with Crippen LogP contribution in [0.4, 0.5) is 5.13 Å². The molecule has 1 N–H and O–H groups in total. The number of aryl methyl sites for hydroxylation is 1. The van der Waals surface area contributed by atoms with E-state index >= 15 is 0 Å². The maximum Gasteiger partial charge on any atom is 0.224 e. The van der Waals surface area contributed by atoms with Crippen LogP contribution >= 0.6 is 11.3 Å². The lowest BCUT2D eigenvalue weighted by atomic mass is 10.2. The zero-order chi connectivity index (χ0) is 19.0. The summed E-state index contributed by atoms with van der Waals surface area (Å²) in [5.41, 5.74) is 0.801. The van der Waals surface area contributed by atoms with Crippen molar-refractivity contribution in [3.05, 3.63) is 35.2 Å². The molecule has 1 aliphatic rings. The predicted octanol–water partition coefficient (Wildman–Crippen LogP) is 3.59. The number of thiazole rings is 1. The van der Waals surface area contributed by atoms with Crippen LogP contribution in [0.3, 0.4) is 0 Å². The van der Waals surface area contributed by atoms with Crippen LogP contribution in [0.25, 0.3) is 11.0 Å². The van der Waals surface area contributed by atoms with Gasteiger partial charge in [0.1, 0.15) is 17.4 Å². The third-order valence-corrected chi connectivity index (χ3v) is 5.57. The largest absolute Gasteiger partial charge is 0.472 e. The van der Waals surface area contributed by atoms with Gasteiger partial charge in [-0.2, -0.15) is 0 Å². The number of carbonyl (C=O) groups excluding carboxylic acids is 1. The number of anilines is 1. The van der Waals surface area contributed by atoms with Crippen LogP contribution in [0.5, 0.6) is 5.88 Å². The average Bonchev–Trinajstić information content (AvgIpc) is 3.27. The van der Waals surface area contributed by atoms with Gasteiger partial charge in [-0.1, -0.05) is 0 Å². The fourth-order valence-corrected chi connectivity index (χ4v) is 4.34. The summed E-state index contributed by atoms with van der Waals surface area (Å²) in [4.78, 5) is 23.3. The van der Waals surface area contributed by atoms with E-state index in [0.717, 1.165) is 41.1 Å². The highest BCUT2D eigenvalue weighted by molar-refractivity contribution is 7.15. The van der Waals surface area contributed by atoms with Gasteiger partial charge in [0.15, 0.2) is 5.13 Å². The molecule has 0 aliphatic carbocycles. The Balaban J connectivity index is 1.42. The molecule has 0 radical (unpaired) electrons. The normalized spacial score (nSPS) is 20.3. The van der Waals surface area contributed by atoms with E-state index < -0.39 is 0 Å². The Morgan fingerprint density at radius 1 is 1.48 bits per heavy atom. The molecule has 0 spiro atoms. The Bertz CT molecular complexity index is 967. The molecule has 8 heteroatoms. The Kier molecular flexibility index (Phi) is 4.84. The Labute approximate surface area is 161 Å². The molecule has 1 fully saturated rings. The number of hydrogen-bond acceptors (Lipinski definition) is 7. The third-order valence-electron chi connectivity index (χ3n) is 4.67. The van der Waals surface area contributed by atoms with Gasteiger partial charge in [-0.05, 0) is 19.9 Å². The number of furan rings is 1. The fourth-order valence-electron chi connectivity index (χ4n) is 3.46. The van der Waals surface area contributed by atoms with E-state index in [1.54, 1.807) is 6.20 Å². The number of nitrogens with zero attached hydrogens (tertiary/aromatic N) is 3. The summed E-state index contributed by atoms with van der Waals surface area (Å²) in [5, 5.41) is 4.29. The zero-order valence-electron chi connectivity index (χ0n) is 15.6. The molecule has 1 amide bonds. The summed E-state index contributed by atoms with van der Waals surface area (Å²) in [7, 11) is 0. The summed E-state index contributed by atoms with van der Waals surface area (Å²) in [6, 6.07) is 4.22. The molecule has 3 aromatic heterocycles. The molecule has 1 saturated heterocycles. The van der Waals surface area contributed by atoms with Crippen molar-refractivity contribution in [1.82, 2.24) is 14.9 Å². The summed E-state index contributed by atoms with van der Waals surface area (Å²) in [6.07, 6.45) is 4.56. The second-order valence-corrected chi connectivity index (χ2v) is 8.07. The van der Waals surface area contributed by atoms with Crippen molar-refractivity contribution in [3.8, 4) is 5.88 Å². The summed E-state index contributed by atoms with van der Waals surface area (Å²) in [5.74, 6) is 1.38. The van der Waals surface area contributed by atoms with Crippen molar-refractivity contribution in [2.45, 2.75) is 45.9 Å². The topological polar surface area (TPSA) is 80.5 Å².